The highest BCUT2D eigenvalue weighted by molar-refractivity contribution is 6.04. The van der Waals surface area contributed by atoms with E-state index in [4.69, 9.17) is 0 Å². The summed E-state index contributed by atoms with van der Waals surface area (Å²) in [6.07, 6.45) is 10.1. The number of hydrogen-bond donors (Lipinski definition) is 0. The summed E-state index contributed by atoms with van der Waals surface area (Å²) in [7, 11) is 0. The second-order valence-electron chi connectivity index (χ2n) is 5.75. The van der Waals surface area contributed by atoms with Crippen LogP contribution in [0.3, 0.4) is 0 Å². The molecular formula is C17H20O. The predicted octanol–water partition coefficient (Wildman–Crippen LogP) is 4.38. The topological polar surface area (TPSA) is 17.1 Å². The van der Waals surface area contributed by atoms with Gasteiger partial charge < -0.3 is 0 Å². The molecule has 0 amide bonds. The summed E-state index contributed by atoms with van der Waals surface area (Å²) < 4.78 is 0. The van der Waals surface area contributed by atoms with E-state index >= 15 is 0 Å². The van der Waals surface area contributed by atoms with E-state index in [1.165, 1.54) is 19.3 Å². The molecule has 3 rings (SSSR count). The lowest BCUT2D eigenvalue weighted by molar-refractivity contribution is -0.126. The highest BCUT2D eigenvalue weighted by atomic mass is 16.1. The first-order chi connectivity index (χ1) is 8.80. The molecule has 94 valence electrons. The zero-order valence-corrected chi connectivity index (χ0v) is 10.8. The molecule has 1 aromatic carbocycles. The van der Waals surface area contributed by atoms with Gasteiger partial charge in [0.2, 0.25) is 0 Å². The highest BCUT2D eigenvalue weighted by Gasteiger charge is 2.43. The summed E-state index contributed by atoms with van der Waals surface area (Å²) in [6, 6.07) is 10.2. The van der Waals surface area contributed by atoms with Gasteiger partial charge in [-0.05, 0) is 49.3 Å². The fraction of sp³-hybridized carbons (Fsp3) is 0.471. The van der Waals surface area contributed by atoms with E-state index in [1.54, 1.807) is 0 Å². The predicted molar refractivity (Wildman–Crippen MR) is 74.2 cm³/mol. The second kappa shape index (κ2) is 4.72. The minimum Gasteiger partial charge on any atom is -0.294 e. The first kappa shape index (κ1) is 11.7. The molecule has 18 heavy (non-hydrogen) atoms. The Morgan fingerprint density at radius 2 is 1.61 bits per heavy atom. The molecule has 0 bridgehead atoms. The van der Waals surface area contributed by atoms with E-state index in [9.17, 15) is 4.79 Å². The van der Waals surface area contributed by atoms with Gasteiger partial charge in [-0.1, -0.05) is 43.2 Å². The summed E-state index contributed by atoms with van der Waals surface area (Å²) in [5.41, 5.74) is 2.25. The Labute approximate surface area is 109 Å². The maximum absolute atomic E-state index is 12.7. The van der Waals surface area contributed by atoms with Crippen molar-refractivity contribution in [2.75, 3.05) is 0 Å². The first-order valence-electron chi connectivity index (χ1n) is 7.11. The normalized spacial score (nSPS) is 24.9. The molecule has 2 saturated carbocycles. The van der Waals surface area contributed by atoms with Crippen LogP contribution in [0.15, 0.2) is 35.9 Å². The molecule has 1 heteroatoms. The van der Waals surface area contributed by atoms with Gasteiger partial charge in [-0.2, -0.15) is 0 Å². The quantitative estimate of drug-likeness (QED) is 0.666. The number of allylic oxidation sites excluding steroid dienone is 1. The van der Waals surface area contributed by atoms with Crippen molar-refractivity contribution in [1.29, 1.82) is 0 Å². The molecule has 2 aliphatic carbocycles. The minimum absolute atomic E-state index is 0.0267. The van der Waals surface area contributed by atoms with Crippen molar-refractivity contribution >= 4 is 11.9 Å². The number of carbonyl (C=O) groups excluding carboxylic acids is 1. The van der Waals surface area contributed by atoms with Crippen molar-refractivity contribution in [1.82, 2.24) is 0 Å². The lowest BCUT2D eigenvalue weighted by atomic mass is 9.69. The van der Waals surface area contributed by atoms with Crippen molar-refractivity contribution in [2.24, 2.45) is 5.41 Å². The van der Waals surface area contributed by atoms with Crippen LogP contribution in [-0.4, -0.2) is 5.78 Å². The lowest BCUT2D eigenvalue weighted by Gasteiger charge is -2.33. The van der Waals surface area contributed by atoms with Crippen molar-refractivity contribution in [3.05, 3.63) is 41.5 Å². The van der Waals surface area contributed by atoms with Crippen LogP contribution < -0.4 is 0 Å². The summed E-state index contributed by atoms with van der Waals surface area (Å²) in [4.78, 5) is 12.7. The third-order valence-electron chi connectivity index (χ3n) is 4.58. The standard InChI is InChI=1S/C17H20O/c18-16-15(13-14-7-2-1-3-8-14)9-6-12-17(16)10-4-5-11-17/h1-3,7-8,13H,4-6,9-12H2. The Balaban J connectivity index is 1.89. The van der Waals surface area contributed by atoms with Crippen LogP contribution in [0.4, 0.5) is 0 Å². The van der Waals surface area contributed by atoms with Crippen molar-refractivity contribution in [3.63, 3.8) is 0 Å². The molecule has 1 spiro atoms. The molecule has 0 unspecified atom stereocenters. The number of hydrogen-bond acceptors (Lipinski definition) is 1. The van der Waals surface area contributed by atoms with Gasteiger partial charge in [0.05, 0.1) is 0 Å². The van der Waals surface area contributed by atoms with Gasteiger partial charge in [0, 0.05) is 5.41 Å². The fourth-order valence-corrected chi connectivity index (χ4v) is 3.60. The van der Waals surface area contributed by atoms with E-state index in [2.05, 4.69) is 18.2 Å². The molecular weight excluding hydrogens is 220 g/mol. The molecule has 2 fully saturated rings. The van der Waals surface area contributed by atoms with E-state index in [0.29, 0.717) is 5.78 Å². The Hall–Kier alpha value is -1.37. The molecule has 0 saturated heterocycles. The number of ketones is 1. The van der Waals surface area contributed by atoms with E-state index in [0.717, 1.165) is 36.8 Å². The summed E-state index contributed by atoms with van der Waals surface area (Å²) in [6.45, 7) is 0. The van der Waals surface area contributed by atoms with Crippen LogP contribution in [0.5, 0.6) is 0 Å². The maximum atomic E-state index is 12.7. The number of carbonyl (C=O) groups is 1. The molecule has 1 aromatic rings. The molecule has 0 aromatic heterocycles. The Morgan fingerprint density at radius 3 is 2.33 bits per heavy atom. The third kappa shape index (κ3) is 2.03. The average Bonchev–Trinajstić information content (AvgIpc) is 2.86. The zero-order chi connectivity index (χ0) is 12.4. The van der Waals surface area contributed by atoms with Crippen LogP contribution in [0.1, 0.15) is 50.5 Å². The Morgan fingerprint density at radius 1 is 0.944 bits per heavy atom. The van der Waals surface area contributed by atoms with Crippen LogP contribution >= 0.6 is 0 Å². The monoisotopic (exact) mass is 240 g/mol. The summed E-state index contributed by atoms with van der Waals surface area (Å²) >= 11 is 0. The summed E-state index contributed by atoms with van der Waals surface area (Å²) in [5, 5.41) is 0. The fourth-order valence-electron chi connectivity index (χ4n) is 3.60. The van der Waals surface area contributed by atoms with Gasteiger partial charge in [-0.15, -0.1) is 0 Å². The van der Waals surface area contributed by atoms with Gasteiger partial charge in [-0.25, -0.2) is 0 Å². The van der Waals surface area contributed by atoms with Crippen molar-refractivity contribution in [2.45, 2.75) is 44.9 Å². The van der Waals surface area contributed by atoms with Gasteiger partial charge in [0.15, 0.2) is 5.78 Å². The van der Waals surface area contributed by atoms with Crippen molar-refractivity contribution < 1.29 is 4.79 Å². The van der Waals surface area contributed by atoms with Crippen LogP contribution in [0.25, 0.3) is 6.08 Å². The van der Waals surface area contributed by atoms with E-state index in [-0.39, 0.29) is 5.41 Å². The van der Waals surface area contributed by atoms with Gasteiger partial charge in [-0.3, -0.25) is 4.79 Å². The lowest BCUT2D eigenvalue weighted by Crippen LogP contribution is -2.32. The molecule has 0 aliphatic heterocycles. The van der Waals surface area contributed by atoms with Crippen LogP contribution in [0, 0.1) is 5.41 Å². The van der Waals surface area contributed by atoms with Gasteiger partial charge in [0.25, 0.3) is 0 Å². The molecule has 0 atom stereocenters. The van der Waals surface area contributed by atoms with Gasteiger partial charge in [0.1, 0.15) is 0 Å². The molecule has 0 radical (unpaired) electrons. The van der Waals surface area contributed by atoms with Gasteiger partial charge >= 0.3 is 0 Å². The molecule has 0 heterocycles. The minimum atomic E-state index is 0.0267. The maximum Gasteiger partial charge on any atom is 0.165 e. The smallest absolute Gasteiger partial charge is 0.165 e. The van der Waals surface area contributed by atoms with Crippen LogP contribution in [0.2, 0.25) is 0 Å². The average molecular weight is 240 g/mol. The van der Waals surface area contributed by atoms with E-state index < -0.39 is 0 Å². The zero-order valence-electron chi connectivity index (χ0n) is 10.8. The second-order valence-corrected chi connectivity index (χ2v) is 5.75. The number of Topliss-reactive ketones (excluding diaryl/α,β-unsaturated/α-hetero) is 1. The number of rotatable bonds is 1. The number of benzene rings is 1. The van der Waals surface area contributed by atoms with Crippen LogP contribution in [-0.2, 0) is 4.79 Å². The highest BCUT2D eigenvalue weighted by Crippen LogP contribution is 2.48. The SMILES string of the molecule is O=C1C(=Cc2ccccc2)CCCC12CCCC2. The van der Waals surface area contributed by atoms with Crippen molar-refractivity contribution in [3.8, 4) is 0 Å². The molecule has 0 N–H and O–H groups in total. The third-order valence-corrected chi connectivity index (χ3v) is 4.58. The molecule has 1 nitrogen and oxygen atoms in total. The Bertz CT molecular complexity index is 464. The Kier molecular flexibility index (Phi) is 3.07. The molecule has 2 aliphatic rings. The summed E-state index contributed by atoms with van der Waals surface area (Å²) in [5.74, 6) is 0.454. The first-order valence-corrected chi connectivity index (χ1v) is 7.11. The largest absolute Gasteiger partial charge is 0.294 e. The van der Waals surface area contributed by atoms with E-state index in [1.807, 2.05) is 18.2 Å².